The van der Waals surface area contributed by atoms with Gasteiger partial charge in [-0.05, 0) is 24.1 Å². The summed E-state index contributed by atoms with van der Waals surface area (Å²) in [6.45, 7) is 3.03. The Hall–Kier alpha value is -1.54. The van der Waals surface area contributed by atoms with Gasteiger partial charge in [0.25, 0.3) is 0 Å². The maximum atomic E-state index is 5.41. The van der Waals surface area contributed by atoms with Gasteiger partial charge >= 0.3 is 0 Å². The molecule has 2 aromatic rings. The molecule has 1 aromatic heterocycles. The average molecular weight is 215 g/mol. The van der Waals surface area contributed by atoms with E-state index in [9.17, 15) is 0 Å². The molecule has 2 rings (SSSR count). The van der Waals surface area contributed by atoms with Crippen LogP contribution in [0.25, 0.3) is 0 Å². The Labute approximate surface area is 96.3 Å². The monoisotopic (exact) mass is 215 g/mol. The molecule has 0 aliphatic heterocycles. The van der Waals surface area contributed by atoms with Gasteiger partial charge in [0.1, 0.15) is 5.76 Å². The third-order valence-corrected chi connectivity index (χ3v) is 2.69. The van der Waals surface area contributed by atoms with Gasteiger partial charge in [-0.25, -0.2) is 0 Å². The zero-order valence-corrected chi connectivity index (χ0v) is 9.52. The van der Waals surface area contributed by atoms with Crippen molar-refractivity contribution in [3.8, 4) is 0 Å². The maximum absolute atomic E-state index is 5.41. The maximum Gasteiger partial charge on any atom is 0.120 e. The number of hydrogen-bond acceptors (Lipinski definition) is 2. The van der Waals surface area contributed by atoms with E-state index in [2.05, 4.69) is 36.5 Å². The van der Waals surface area contributed by atoms with Crippen molar-refractivity contribution in [3.05, 3.63) is 60.1 Å². The van der Waals surface area contributed by atoms with E-state index in [0.717, 1.165) is 18.7 Å². The fourth-order valence-electron chi connectivity index (χ4n) is 1.77. The average Bonchev–Trinajstić information content (AvgIpc) is 2.85. The van der Waals surface area contributed by atoms with Gasteiger partial charge in [0.15, 0.2) is 0 Å². The topological polar surface area (TPSA) is 25.2 Å². The highest BCUT2D eigenvalue weighted by Crippen LogP contribution is 2.17. The molecule has 1 atom stereocenters. The van der Waals surface area contributed by atoms with Crippen molar-refractivity contribution in [1.82, 2.24) is 5.32 Å². The van der Waals surface area contributed by atoms with Crippen LogP contribution < -0.4 is 5.32 Å². The summed E-state index contributed by atoms with van der Waals surface area (Å²) in [6.07, 6.45) is 2.75. The van der Waals surface area contributed by atoms with Crippen molar-refractivity contribution in [2.45, 2.75) is 25.9 Å². The molecule has 0 saturated heterocycles. The minimum atomic E-state index is 0.301. The van der Waals surface area contributed by atoms with Gasteiger partial charge in [-0.15, -0.1) is 0 Å². The van der Waals surface area contributed by atoms with Gasteiger partial charge < -0.3 is 9.73 Å². The van der Waals surface area contributed by atoms with Gasteiger partial charge in [-0.1, -0.05) is 37.3 Å². The third kappa shape index (κ3) is 2.74. The number of furan rings is 1. The first kappa shape index (κ1) is 11.0. The third-order valence-electron chi connectivity index (χ3n) is 2.69. The van der Waals surface area contributed by atoms with E-state index in [1.165, 1.54) is 5.56 Å². The number of rotatable bonds is 5. The summed E-state index contributed by atoms with van der Waals surface area (Å²) in [5, 5.41) is 3.49. The molecule has 1 heterocycles. The van der Waals surface area contributed by atoms with Crippen molar-refractivity contribution in [1.29, 1.82) is 0 Å². The fraction of sp³-hybridized carbons (Fsp3) is 0.286. The van der Waals surface area contributed by atoms with Crippen LogP contribution in [0, 0.1) is 0 Å². The van der Waals surface area contributed by atoms with Crippen molar-refractivity contribution < 1.29 is 4.42 Å². The molecule has 0 saturated carbocycles. The first-order chi connectivity index (χ1) is 7.90. The van der Waals surface area contributed by atoms with Crippen LogP contribution in [0.3, 0.4) is 0 Å². The number of benzene rings is 1. The molecule has 0 radical (unpaired) electrons. The molecule has 0 bridgehead atoms. The molecule has 1 unspecified atom stereocenters. The van der Waals surface area contributed by atoms with Crippen LogP contribution in [0.1, 0.15) is 30.7 Å². The highest BCUT2D eigenvalue weighted by Gasteiger charge is 2.10. The van der Waals surface area contributed by atoms with E-state index >= 15 is 0 Å². The van der Waals surface area contributed by atoms with Gasteiger partial charge in [0.05, 0.1) is 12.3 Å². The number of hydrogen-bond donors (Lipinski definition) is 1. The van der Waals surface area contributed by atoms with E-state index in [1.54, 1.807) is 6.26 Å². The quantitative estimate of drug-likeness (QED) is 0.825. The zero-order chi connectivity index (χ0) is 11.2. The SMILES string of the molecule is CCC(NCc1ccccc1)c1ccco1. The van der Waals surface area contributed by atoms with E-state index < -0.39 is 0 Å². The van der Waals surface area contributed by atoms with Crippen LogP contribution in [0.5, 0.6) is 0 Å². The second-order valence-corrected chi connectivity index (χ2v) is 3.84. The first-order valence-electron chi connectivity index (χ1n) is 5.71. The van der Waals surface area contributed by atoms with E-state index in [4.69, 9.17) is 4.42 Å². The zero-order valence-electron chi connectivity index (χ0n) is 9.52. The summed E-state index contributed by atoms with van der Waals surface area (Å²) in [4.78, 5) is 0. The Balaban J connectivity index is 1.94. The van der Waals surface area contributed by atoms with Crippen LogP contribution in [0.15, 0.2) is 53.1 Å². The summed E-state index contributed by atoms with van der Waals surface area (Å²) in [5.41, 5.74) is 1.30. The van der Waals surface area contributed by atoms with Crippen LogP contribution >= 0.6 is 0 Å². The van der Waals surface area contributed by atoms with E-state index in [0.29, 0.717) is 6.04 Å². The second-order valence-electron chi connectivity index (χ2n) is 3.84. The molecule has 0 aliphatic carbocycles. The lowest BCUT2D eigenvalue weighted by Crippen LogP contribution is -2.19. The molecular formula is C14H17NO. The highest BCUT2D eigenvalue weighted by molar-refractivity contribution is 5.15. The number of nitrogens with one attached hydrogen (secondary N) is 1. The standard InChI is InChI=1S/C14H17NO/c1-2-13(14-9-6-10-16-14)15-11-12-7-4-3-5-8-12/h3-10,13,15H,2,11H2,1H3. The molecule has 84 valence electrons. The molecule has 2 nitrogen and oxygen atoms in total. The smallest absolute Gasteiger partial charge is 0.120 e. The molecule has 0 spiro atoms. The van der Waals surface area contributed by atoms with E-state index in [1.807, 2.05) is 18.2 Å². The minimum absolute atomic E-state index is 0.301. The summed E-state index contributed by atoms with van der Waals surface area (Å²) < 4.78 is 5.41. The van der Waals surface area contributed by atoms with Gasteiger partial charge in [0, 0.05) is 6.54 Å². The molecule has 0 fully saturated rings. The summed E-state index contributed by atoms with van der Waals surface area (Å²) in [7, 11) is 0. The molecule has 2 heteroatoms. The molecule has 1 N–H and O–H groups in total. The molecule has 0 aliphatic rings. The Kier molecular flexibility index (Phi) is 3.78. The van der Waals surface area contributed by atoms with Gasteiger partial charge in [-0.3, -0.25) is 0 Å². The molecular weight excluding hydrogens is 198 g/mol. The lowest BCUT2D eigenvalue weighted by molar-refractivity contribution is 0.403. The van der Waals surface area contributed by atoms with Crippen LogP contribution in [-0.4, -0.2) is 0 Å². The Bertz CT molecular complexity index is 394. The first-order valence-corrected chi connectivity index (χ1v) is 5.71. The Morgan fingerprint density at radius 2 is 1.94 bits per heavy atom. The fourth-order valence-corrected chi connectivity index (χ4v) is 1.77. The van der Waals surface area contributed by atoms with Crippen molar-refractivity contribution >= 4 is 0 Å². The second kappa shape index (κ2) is 5.52. The predicted molar refractivity (Wildman–Crippen MR) is 65.0 cm³/mol. The molecule has 1 aromatic carbocycles. The van der Waals surface area contributed by atoms with Gasteiger partial charge in [0.2, 0.25) is 0 Å². The van der Waals surface area contributed by atoms with Crippen molar-refractivity contribution in [2.75, 3.05) is 0 Å². The summed E-state index contributed by atoms with van der Waals surface area (Å²) in [6, 6.07) is 14.7. The predicted octanol–water partition coefficient (Wildman–Crippen LogP) is 3.52. The van der Waals surface area contributed by atoms with Crippen molar-refractivity contribution in [3.63, 3.8) is 0 Å². The molecule has 0 amide bonds. The van der Waals surface area contributed by atoms with Crippen molar-refractivity contribution in [2.24, 2.45) is 0 Å². The minimum Gasteiger partial charge on any atom is -0.468 e. The largest absolute Gasteiger partial charge is 0.468 e. The highest BCUT2D eigenvalue weighted by atomic mass is 16.3. The lowest BCUT2D eigenvalue weighted by atomic mass is 10.1. The summed E-state index contributed by atoms with van der Waals surface area (Å²) >= 11 is 0. The van der Waals surface area contributed by atoms with E-state index in [-0.39, 0.29) is 0 Å². The Morgan fingerprint density at radius 3 is 2.56 bits per heavy atom. The normalized spacial score (nSPS) is 12.6. The summed E-state index contributed by atoms with van der Waals surface area (Å²) in [5.74, 6) is 1.01. The van der Waals surface area contributed by atoms with Crippen LogP contribution in [-0.2, 0) is 6.54 Å². The molecule has 16 heavy (non-hydrogen) atoms. The van der Waals surface area contributed by atoms with Crippen LogP contribution in [0.4, 0.5) is 0 Å². The lowest BCUT2D eigenvalue weighted by Gasteiger charge is -2.14. The Morgan fingerprint density at radius 1 is 1.12 bits per heavy atom. The van der Waals surface area contributed by atoms with Crippen LogP contribution in [0.2, 0.25) is 0 Å². The van der Waals surface area contributed by atoms with Gasteiger partial charge in [-0.2, -0.15) is 0 Å².